The Morgan fingerprint density at radius 1 is 0.500 bits per heavy atom. The molecule has 0 aliphatic rings. The molecule has 0 aliphatic carbocycles. The molecule has 0 radical (unpaired) electrons. The van der Waals surface area contributed by atoms with Gasteiger partial charge in [-0.3, -0.25) is 0 Å². The molecule has 0 saturated carbocycles. The van der Waals surface area contributed by atoms with Crippen molar-refractivity contribution in [3.63, 3.8) is 0 Å². The van der Waals surface area contributed by atoms with E-state index in [2.05, 4.69) is 0 Å². The minimum absolute atomic E-state index is 0.414. The molecule has 3 aromatic rings. The predicted octanol–water partition coefficient (Wildman–Crippen LogP) is 3.20. The molecule has 176 valence electrons. The monoisotopic (exact) mass is 461 g/mol. The number of hydrogen-bond acceptors (Lipinski definition) is 7. The molecule has 0 aliphatic heterocycles. The van der Waals surface area contributed by atoms with E-state index in [4.69, 9.17) is 19.2 Å². The van der Waals surface area contributed by atoms with E-state index < -0.39 is 7.82 Å². The van der Waals surface area contributed by atoms with Crippen molar-refractivity contribution in [2.24, 2.45) is 0 Å². The first-order valence-corrected chi connectivity index (χ1v) is 11.1. The predicted molar refractivity (Wildman–Crippen MR) is 120 cm³/mol. The van der Waals surface area contributed by atoms with Crippen LogP contribution in [0.2, 0.25) is 0 Å². The second-order valence-electron chi connectivity index (χ2n) is 7.17. The third-order valence-electron chi connectivity index (χ3n) is 4.32. The van der Waals surface area contributed by atoms with E-state index in [0.29, 0.717) is 17.2 Å². The number of phosphoric acid groups is 1. The van der Waals surface area contributed by atoms with E-state index in [-0.39, 0.29) is 0 Å². The van der Waals surface area contributed by atoms with Gasteiger partial charge in [0, 0.05) is 0 Å². The number of aromatic hydroxyl groups is 3. The normalized spacial score (nSPS) is 9.91. The van der Waals surface area contributed by atoms with E-state index in [1.807, 2.05) is 96.1 Å². The fourth-order valence-corrected chi connectivity index (χ4v) is 2.42. The zero-order chi connectivity index (χ0) is 25.1. The van der Waals surface area contributed by atoms with Gasteiger partial charge in [-0.05, 0) is 74.9 Å². The number of rotatable bonds is 0. The molecule has 3 rings (SSSR count). The van der Waals surface area contributed by atoms with Crippen LogP contribution in [0.1, 0.15) is 33.4 Å². The summed E-state index contributed by atoms with van der Waals surface area (Å²) in [7, 11) is -5.39. The smallest absolute Gasteiger partial charge is 0.121 e. The lowest BCUT2D eigenvalue weighted by Gasteiger charge is -2.36. The maximum Gasteiger partial charge on any atom is 0.121 e. The summed E-state index contributed by atoms with van der Waals surface area (Å²) in [6.07, 6.45) is 0. The third-order valence-corrected chi connectivity index (χ3v) is 4.32. The summed E-state index contributed by atoms with van der Waals surface area (Å²) in [5.41, 5.74) is 5.64. The summed E-state index contributed by atoms with van der Waals surface area (Å²) in [4.78, 5) is 25.6. The molecule has 0 aromatic heterocycles. The standard InChI is InChI=1S/3C8H10O.H3O4P/c3*1-6-4-3-5-7(2)8(6)9;1-5(2,3)4/h3*3-5,9H,1-2H3;(H3,1,2,3,4)/p-3. The number of para-hydroxylation sites is 3. The number of benzene rings is 3. The average Bonchev–Trinajstić information content (AvgIpc) is 2.68. The highest BCUT2D eigenvalue weighted by Crippen LogP contribution is 2.20. The van der Waals surface area contributed by atoms with E-state index >= 15 is 0 Å². The minimum Gasteiger partial charge on any atom is -0.822 e. The SMILES string of the molecule is Cc1cccc(C)c1O.Cc1cccc(C)c1O.Cc1cccc(C)c1O.O=P([O-])([O-])[O-]. The first kappa shape index (κ1) is 29.2. The van der Waals surface area contributed by atoms with Gasteiger partial charge < -0.3 is 34.6 Å². The molecule has 0 spiro atoms. The molecular formula is C24H30O7P-3. The highest BCUT2D eigenvalue weighted by Gasteiger charge is 1.96. The minimum atomic E-state index is -5.39. The van der Waals surface area contributed by atoms with Gasteiger partial charge in [-0.1, -0.05) is 54.6 Å². The van der Waals surface area contributed by atoms with Gasteiger partial charge >= 0.3 is 0 Å². The van der Waals surface area contributed by atoms with Crippen molar-refractivity contribution < 1.29 is 34.6 Å². The highest BCUT2D eigenvalue weighted by molar-refractivity contribution is 7.40. The number of phenolic OH excluding ortho intramolecular Hbond substituents is 3. The largest absolute Gasteiger partial charge is 0.822 e. The van der Waals surface area contributed by atoms with E-state index in [9.17, 15) is 15.3 Å². The first-order chi connectivity index (χ1) is 14.6. The fourth-order valence-electron chi connectivity index (χ4n) is 2.42. The molecule has 32 heavy (non-hydrogen) atoms. The summed E-state index contributed by atoms with van der Waals surface area (Å²) in [5.74, 6) is 1.24. The van der Waals surface area contributed by atoms with Crippen LogP contribution in [0, 0.1) is 41.5 Å². The Balaban J connectivity index is 0.000000410. The summed E-state index contributed by atoms with van der Waals surface area (Å²) in [6, 6.07) is 17.2. The Morgan fingerprint density at radius 3 is 0.719 bits per heavy atom. The molecule has 0 bridgehead atoms. The van der Waals surface area contributed by atoms with Crippen LogP contribution in [-0.4, -0.2) is 15.3 Å². The third kappa shape index (κ3) is 12.1. The van der Waals surface area contributed by atoms with Gasteiger partial charge in [0.1, 0.15) is 17.2 Å². The lowest BCUT2D eigenvalue weighted by molar-refractivity contribution is -0.432. The van der Waals surface area contributed by atoms with Crippen LogP contribution in [0.25, 0.3) is 0 Å². The summed E-state index contributed by atoms with van der Waals surface area (Å²) in [5, 5.41) is 27.6. The van der Waals surface area contributed by atoms with Crippen LogP contribution < -0.4 is 14.7 Å². The van der Waals surface area contributed by atoms with Crippen molar-refractivity contribution in [3.05, 3.63) is 88.0 Å². The topological polar surface area (TPSA) is 147 Å². The van der Waals surface area contributed by atoms with E-state index in [0.717, 1.165) is 33.4 Å². The second kappa shape index (κ2) is 13.6. The van der Waals surface area contributed by atoms with Gasteiger partial charge in [0.05, 0.1) is 0 Å². The molecule has 3 N–H and O–H groups in total. The molecule has 0 fully saturated rings. The number of aryl methyl sites for hydroxylation is 6. The van der Waals surface area contributed by atoms with Crippen LogP contribution in [-0.2, 0) is 4.57 Å². The Morgan fingerprint density at radius 2 is 0.625 bits per heavy atom. The number of phenols is 3. The molecule has 7 nitrogen and oxygen atoms in total. The molecule has 0 atom stereocenters. The van der Waals surface area contributed by atoms with Gasteiger partial charge in [0.2, 0.25) is 0 Å². The lowest BCUT2D eigenvalue weighted by Crippen LogP contribution is -2.24. The van der Waals surface area contributed by atoms with Crippen molar-refractivity contribution in [3.8, 4) is 17.2 Å². The molecular weight excluding hydrogens is 431 g/mol. The van der Waals surface area contributed by atoms with Crippen LogP contribution in [0.4, 0.5) is 0 Å². The van der Waals surface area contributed by atoms with Gasteiger partial charge in [0.15, 0.2) is 0 Å². The molecule has 0 amide bonds. The zero-order valence-electron chi connectivity index (χ0n) is 19.1. The Hall–Kier alpha value is -2.83. The Kier molecular flexibility index (Phi) is 12.4. The van der Waals surface area contributed by atoms with E-state index in [1.165, 1.54) is 0 Å². The summed E-state index contributed by atoms with van der Waals surface area (Å²) < 4.78 is 8.55. The van der Waals surface area contributed by atoms with Gasteiger partial charge in [-0.2, -0.15) is 7.82 Å². The van der Waals surface area contributed by atoms with Gasteiger partial charge in [-0.15, -0.1) is 0 Å². The van der Waals surface area contributed by atoms with Crippen molar-refractivity contribution in [1.82, 2.24) is 0 Å². The molecule has 0 heterocycles. The van der Waals surface area contributed by atoms with Crippen LogP contribution in [0.5, 0.6) is 17.2 Å². The molecule has 0 saturated heterocycles. The van der Waals surface area contributed by atoms with Crippen molar-refractivity contribution >= 4 is 7.82 Å². The van der Waals surface area contributed by atoms with Crippen LogP contribution in [0.15, 0.2) is 54.6 Å². The average molecular weight is 461 g/mol. The number of hydrogen-bond donors (Lipinski definition) is 3. The quantitative estimate of drug-likeness (QED) is 0.436. The van der Waals surface area contributed by atoms with Crippen LogP contribution in [0.3, 0.4) is 0 Å². The van der Waals surface area contributed by atoms with Crippen molar-refractivity contribution in [1.29, 1.82) is 0 Å². The highest BCUT2D eigenvalue weighted by atomic mass is 31.2. The Bertz CT molecular complexity index is 856. The molecule has 3 aromatic carbocycles. The summed E-state index contributed by atoms with van der Waals surface area (Å²) >= 11 is 0. The van der Waals surface area contributed by atoms with Crippen LogP contribution >= 0.6 is 7.82 Å². The maximum absolute atomic E-state index is 9.21. The molecule has 8 heteroatoms. The second-order valence-corrected chi connectivity index (χ2v) is 8.06. The van der Waals surface area contributed by atoms with Crippen molar-refractivity contribution in [2.75, 3.05) is 0 Å². The Labute approximate surface area is 189 Å². The van der Waals surface area contributed by atoms with Gasteiger partial charge in [-0.25, -0.2) is 0 Å². The zero-order valence-corrected chi connectivity index (χ0v) is 20.0. The van der Waals surface area contributed by atoms with E-state index in [1.54, 1.807) is 0 Å². The lowest BCUT2D eigenvalue weighted by atomic mass is 10.1. The maximum atomic E-state index is 9.21. The van der Waals surface area contributed by atoms with Crippen molar-refractivity contribution in [2.45, 2.75) is 41.5 Å². The summed E-state index contributed by atoms with van der Waals surface area (Å²) in [6.45, 7) is 11.3. The van der Waals surface area contributed by atoms with Gasteiger partial charge in [0.25, 0.3) is 0 Å². The fraction of sp³-hybridized carbons (Fsp3) is 0.250. The molecule has 0 unspecified atom stereocenters. The first-order valence-electron chi connectivity index (χ1n) is 9.63.